The van der Waals surface area contributed by atoms with Crippen molar-refractivity contribution in [2.75, 3.05) is 21.3 Å². The van der Waals surface area contributed by atoms with Crippen LogP contribution < -0.4 is 20.3 Å². The number of H-pyrrole nitrogens is 1. The number of nitrogens with zero attached hydrogens (tertiary/aromatic N) is 2. The van der Waals surface area contributed by atoms with Gasteiger partial charge in [0.05, 0.1) is 31.5 Å². The van der Waals surface area contributed by atoms with E-state index in [4.69, 9.17) is 38.4 Å². The Morgan fingerprint density at radius 3 is 2.57 bits per heavy atom. The molecule has 9 heteroatoms. The maximum Gasteiger partial charge on any atom is 0.258 e. The summed E-state index contributed by atoms with van der Waals surface area (Å²) in [6.07, 6.45) is 0.417. The molecule has 0 fully saturated rings. The number of benzene rings is 3. The highest BCUT2D eigenvalue weighted by molar-refractivity contribution is 7.80. The Labute approximate surface area is 224 Å². The molecule has 2 heterocycles. The third-order valence-electron chi connectivity index (χ3n) is 6.46. The first-order valence-corrected chi connectivity index (χ1v) is 12.5. The molecule has 188 valence electrons. The largest absolute Gasteiger partial charge is 0.497 e. The zero-order chi connectivity index (χ0) is 26.1. The monoisotopic (exact) mass is 532 g/mol. The van der Waals surface area contributed by atoms with Crippen LogP contribution >= 0.6 is 23.8 Å². The van der Waals surface area contributed by atoms with Crippen molar-refractivity contribution >= 4 is 45.5 Å². The standard InChI is InChI=1S/C28H25ClN4O3S/c1-30-28(37)33-23(20-14-18(35-2)10-12-24(20)36-3)15-22(32-33)26-25(16-7-5-4-6-8-16)19-13-17(29)9-11-21(19)31-27(26)34/h4-14,23H,15H2,1-3H3,(H,30,37)(H,31,34)/t23-/m0/s1. The van der Waals surface area contributed by atoms with Crippen molar-refractivity contribution < 1.29 is 9.47 Å². The van der Waals surface area contributed by atoms with Gasteiger partial charge in [-0.25, -0.2) is 5.01 Å². The van der Waals surface area contributed by atoms with E-state index in [2.05, 4.69) is 10.3 Å². The first kappa shape index (κ1) is 24.8. The lowest BCUT2D eigenvalue weighted by atomic mass is 9.91. The van der Waals surface area contributed by atoms with Crippen LogP contribution in [0.4, 0.5) is 0 Å². The number of halogens is 1. The molecular weight excluding hydrogens is 508 g/mol. The molecule has 1 aliphatic rings. The third kappa shape index (κ3) is 4.54. The van der Waals surface area contributed by atoms with E-state index in [1.54, 1.807) is 32.3 Å². The first-order valence-electron chi connectivity index (χ1n) is 11.7. The van der Waals surface area contributed by atoms with E-state index in [0.717, 1.165) is 22.1 Å². The van der Waals surface area contributed by atoms with E-state index in [1.165, 1.54) is 0 Å². The predicted molar refractivity (Wildman–Crippen MR) is 152 cm³/mol. The topological polar surface area (TPSA) is 79.0 Å². The van der Waals surface area contributed by atoms with Crippen LogP contribution in [0.5, 0.6) is 11.5 Å². The Balaban J connectivity index is 1.74. The van der Waals surface area contributed by atoms with Crippen LogP contribution in [0, 0.1) is 0 Å². The minimum absolute atomic E-state index is 0.235. The first-order chi connectivity index (χ1) is 17.9. The van der Waals surface area contributed by atoms with Crippen molar-refractivity contribution in [3.63, 3.8) is 0 Å². The molecule has 0 saturated carbocycles. The van der Waals surface area contributed by atoms with Crippen LogP contribution in [-0.2, 0) is 0 Å². The number of hydrogen-bond donors (Lipinski definition) is 2. The molecule has 3 aromatic carbocycles. The van der Waals surface area contributed by atoms with Gasteiger partial charge in [0.1, 0.15) is 11.5 Å². The maximum absolute atomic E-state index is 13.6. The molecule has 5 rings (SSSR count). The van der Waals surface area contributed by atoms with Crippen LogP contribution in [0.1, 0.15) is 23.6 Å². The number of ether oxygens (including phenoxy) is 2. The lowest BCUT2D eigenvalue weighted by molar-refractivity contribution is 0.341. The highest BCUT2D eigenvalue weighted by atomic mass is 35.5. The number of nitrogens with one attached hydrogen (secondary N) is 2. The summed E-state index contributed by atoms with van der Waals surface area (Å²) in [5.41, 5.74) is 4.06. The van der Waals surface area contributed by atoms with E-state index in [-0.39, 0.29) is 11.6 Å². The van der Waals surface area contributed by atoms with Crippen molar-refractivity contribution in [3.05, 3.63) is 93.2 Å². The Bertz CT molecular complexity index is 1590. The molecular formula is C28H25ClN4O3S. The Kier molecular flexibility index (Phi) is 6.86. The molecule has 7 nitrogen and oxygen atoms in total. The minimum atomic E-state index is -0.321. The Hall–Kier alpha value is -3.88. The van der Waals surface area contributed by atoms with Crippen LogP contribution in [0.2, 0.25) is 5.02 Å². The highest BCUT2D eigenvalue weighted by Gasteiger charge is 2.35. The number of aromatic nitrogens is 1. The number of fused-ring (bicyclic) bond motifs is 1. The summed E-state index contributed by atoms with van der Waals surface area (Å²) in [5, 5.41) is 11.5. The number of methoxy groups -OCH3 is 2. The van der Waals surface area contributed by atoms with Gasteiger partial charge in [-0.1, -0.05) is 41.9 Å². The number of aromatic amines is 1. The fourth-order valence-electron chi connectivity index (χ4n) is 4.75. The predicted octanol–water partition coefficient (Wildman–Crippen LogP) is 5.52. The second-order valence-electron chi connectivity index (χ2n) is 8.53. The number of rotatable bonds is 5. The zero-order valence-electron chi connectivity index (χ0n) is 20.5. The fraction of sp³-hybridized carbons (Fsp3) is 0.179. The molecule has 0 amide bonds. The summed E-state index contributed by atoms with van der Waals surface area (Å²) in [4.78, 5) is 16.7. The Morgan fingerprint density at radius 1 is 1.08 bits per heavy atom. The molecule has 0 radical (unpaired) electrons. The smallest absolute Gasteiger partial charge is 0.258 e. The normalized spacial score (nSPS) is 15.0. The fourth-order valence-corrected chi connectivity index (χ4v) is 5.09. The second-order valence-corrected chi connectivity index (χ2v) is 9.36. The number of hydrazone groups is 1. The van der Waals surface area contributed by atoms with E-state index >= 15 is 0 Å². The van der Waals surface area contributed by atoms with E-state index in [1.807, 2.05) is 60.7 Å². The van der Waals surface area contributed by atoms with Gasteiger partial charge >= 0.3 is 0 Å². The molecule has 0 saturated heterocycles. The average molecular weight is 533 g/mol. The van der Waals surface area contributed by atoms with Crippen molar-refractivity contribution in [2.45, 2.75) is 12.5 Å². The SMILES string of the molecule is CNC(=S)N1N=C(c2c(-c3ccccc3)c3cc(Cl)ccc3[nH]c2=O)C[C@H]1c1cc(OC)ccc1OC. The zero-order valence-corrected chi connectivity index (χ0v) is 22.1. The van der Waals surface area contributed by atoms with Crippen LogP contribution in [-0.4, -0.2) is 42.1 Å². The van der Waals surface area contributed by atoms with E-state index in [9.17, 15) is 4.79 Å². The average Bonchev–Trinajstić information content (AvgIpc) is 3.37. The molecule has 1 aromatic heterocycles. The van der Waals surface area contributed by atoms with Gasteiger partial charge in [0.2, 0.25) is 0 Å². The van der Waals surface area contributed by atoms with Crippen molar-refractivity contribution in [2.24, 2.45) is 5.10 Å². The lowest BCUT2D eigenvalue weighted by Gasteiger charge is -2.25. The number of hydrogen-bond acceptors (Lipinski definition) is 5. The minimum Gasteiger partial charge on any atom is -0.497 e. The van der Waals surface area contributed by atoms with Crippen molar-refractivity contribution in [1.29, 1.82) is 0 Å². The lowest BCUT2D eigenvalue weighted by Crippen LogP contribution is -2.34. The number of pyridine rings is 1. The molecule has 2 N–H and O–H groups in total. The maximum atomic E-state index is 13.6. The summed E-state index contributed by atoms with van der Waals surface area (Å²) < 4.78 is 11.1. The van der Waals surface area contributed by atoms with E-state index in [0.29, 0.717) is 44.8 Å². The van der Waals surface area contributed by atoms with Crippen LogP contribution in [0.15, 0.2) is 76.6 Å². The molecule has 0 bridgehead atoms. The second kappa shape index (κ2) is 10.2. The van der Waals surface area contributed by atoms with Gasteiger partial charge in [-0.05, 0) is 54.2 Å². The molecule has 37 heavy (non-hydrogen) atoms. The van der Waals surface area contributed by atoms with Gasteiger partial charge in [-0.3, -0.25) is 4.79 Å². The van der Waals surface area contributed by atoms with Crippen LogP contribution in [0.3, 0.4) is 0 Å². The van der Waals surface area contributed by atoms with Crippen molar-refractivity contribution in [1.82, 2.24) is 15.3 Å². The van der Waals surface area contributed by atoms with Gasteiger partial charge in [0.15, 0.2) is 5.11 Å². The third-order valence-corrected chi connectivity index (χ3v) is 7.08. The molecule has 4 aromatic rings. The Morgan fingerprint density at radius 2 is 1.86 bits per heavy atom. The summed E-state index contributed by atoms with van der Waals surface area (Å²) in [5.74, 6) is 1.36. The summed E-state index contributed by atoms with van der Waals surface area (Å²) in [6.45, 7) is 0. The van der Waals surface area contributed by atoms with Gasteiger partial charge in [-0.2, -0.15) is 5.10 Å². The number of thiocarbonyl (C=S) groups is 1. The molecule has 0 spiro atoms. The summed E-state index contributed by atoms with van der Waals surface area (Å²) >= 11 is 12.0. The van der Waals surface area contributed by atoms with Gasteiger partial charge in [-0.15, -0.1) is 0 Å². The van der Waals surface area contributed by atoms with Gasteiger partial charge in [0.25, 0.3) is 5.56 Å². The van der Waals surface area contributed by atoms with Crippen molar-refractivity contribution in [3.8, 4) is 22.6 Å². The molecule has 0 aliphatic carbocycles. The summed E-state index contributed by atoms with van der Waals surface area (Å²) in [6, 6.07) is 20.5. The summed E-state index contributed by atoms with van der Waals surface area (Å²) in [7, 11) is 4.98. The molecule has 1 atom stereocenters. The molecule has 0 unspecified atom stereocenters. The molecule has 1 aliphatic heterocycles. The quantitative estimate of drug-likeness (QED) is 0.329. The van der Waals surface area contributed by atoms with Gasteiger partial charge < -0.3 is 19.8 Å². The van der Waals surface area contributed by atoms with Crippen LogP contribution in [0.25, 0.3) is 22.0 Å². The van der Waals surface area contributed by atoms with E-state index < -0.39 is 0 Å². The highest BCUT2D eigenvalue weighted by Crippen LogP contribution is 2.41. The van der Waals surface area contributed by atoms with Gasteiger partial charge in [0, 0.05) is 40.5 Å².